The Kier molecular flexibility index (Phi) is 2.85. The van der Waals surface area contributed by atoms with Gasteiger partial charge in [0.25, 0.3) is 0 Å². The number of hydrogen-bond donors (Lipinski definition) is 1. The Hall–Kier alpha value is -1.26. The van der Waals surface area contributed by atoms with E-state index in [9.17, 15) is 5.11 Å². The summed E-state index contributed by atoms with van der Waals surface area (Å²) in [7, 11) is 2.27. The smallest absolute Gasteiger partial charge is 0.165 e. The molecule has 23 heavy (non-hydrogen) atoms. The Morgan fingerprint density at radius 3 is 3.09 bits per heavy atom. The Morgan fingerprint density at radius 1 is 1.39 bits per heavy atom. The fourth-order valence-corrected chi connectivity index (χ4v) is 6.07. The second-order valence-electron chi connectivity index (χ2n) is 7.71. The van der Waals surface area contributed by atoms with Crippen molar-refractivity contribution in [2.75, 3.05) is 20.2 Å². The van der Waals surface area contributed by atoms with Crippen LogP contribution in [-0.2, 0) is 16.6 Å². The fourth-order valence-electron chi connectivity index (χ4n) is 6.07. The molecule has 2 aliphatic heterocycles. The van der Waals surface area contributed by atoms with Crippen LogP contribution in [0.5, 0.6) is 11.5 Å². The molecule has 1 N–H and O–H groups in total. The van der Waals surface area contributed by atoms with Crippen LogP contribution < -0.4 is 4.74 Å². The van der Waals surface area contributed by atoms with Crippen LogP contribution in [0.4, 0.5) is 0 Å². The van der Waals surface area contributed by atoms with Gasteiger partial charge in [0.15, 0.2) is 11.5 Å². The lowest BCUT2D eigenvalue weighted by Crippen LogP contribution is -2.66. The van der Waals surface area contributed by atoms with Gasteiger partial charge in [0, 0.05) is 23.6 Å². The van der Waals surface area contributed by atoms with Crippen LogP contribution in [0, 0.1) is 5.92 Å². The molecular formula is C19H25NO3. The number of aromatic hydroxyl groups is 1. The lowest BCUT2D eigenvalue weighted by atomic mass is 9.51. The number of nitrogens with zero attached hydrogens (tertiary/aromatic N) is 1. The zero-order chi connectivity index (χ0) is 15.8. The summed E-state index contributed by atoms with van der Waals surface area (Å²) in [4.78, 5) is 2.54. The van der Waals surface area contributed by atoms with E-state index in [2.05, 4.69) is 24.9 Å². The second kappa shape index (κ2) is 4.64. The molecule has 2 aliphatic carbocycles. The summed E-state index contributed by atoms with van der Waals surface area (Å²) in [5.41, 5.74) is 2.75. The van der Waals surface area contributed by atoms with Crippen molar-refractivity contribution >= 4 is 0 Å². The molecule has 1 aromatic carbocycles. The van der Waals surface area contributed by atoms with Gasteiger partial charge in [0.2, 0.25) is 0 Å². The van der Waals surface area contributed by atoms with Crippen molar-refractivity contribution < 1.29 is 14.6 Å². The number of benzene rings is 1. The van der Waals surface area contributed by atoms with E-state index in [1.165, 1.54) is 17.5 Å². The van der Waals surface area contributed by atoms with Gasteiger partial charge < -0.3 is 19.5 Å². The van der Waals surface area contributed by atoms with E-state index in [1.54, 1.807) is 0 Å². The minimum Gasteiger partial charge on any atom is -0.504 e. The van der Waals surface area contributed by atoms with Crippen molar-refractivity contribution in [2.24, 2.45) is 5.92 Å². The maximum absolute atomic E-state index is 10.4. The van der Waals surface area contributed by atoms with Crippen molar-refractivity contribution in [3.05, 3.63) is 23.3 Å². The molecule has 0 radical (unpaired) electrons. The molecule has 124 valence electrons. The molecular weight excluding hydrogens is 290 g/mol. The first kappa shape index (κ1) is 14.1. The number of hydrogen-bond acceptors (Lipinski definition) is 4. The van der Waals surface area contributed by atoms with Crippen LogP contribution in [0.15, 0.2) is 12.1 Å². The normalized spacial score (nSPS) is 40.6. The molecule has 2 heterocycles. The topological polar surface area (TPSA) is 41.9 Å². The highest BCUT2D eigenvalue weighted by molar-refractivity contribution is 5.60. The largest absolute Gasteiger partial charge is 0.504 e. The quantitative estimate of drug-likeness (QED) is 0.910. The molecule has 0 aromatic heterocycles. The molecule has 0 unspecified atom stereocenters. The van der Waals surface area contributed by atoms with Gasteiger partial charge in [-0.1, -0.05) is 6.07 Å². The predicted octanol–water partition coefficient (Wildman–Crippen LogP) is 2.47. The average molecular weight is 315 g/mol. The molecule has 1 saturated heterocycles. The molecule has 5 atom stereocenters. The van der Waals surface area contributed by atoms with Gasteiger partial charge in [0.1, 0.15) is 6.10 Å². The monoisotopic (exact) mass is 315 g/mol. The third kappa shape index (κ3) is 1.59. The van der Waals surface area contributed by atoms with Crippen molar-refractivity contribution in [1.82, 2.24) is 4.90 Å². The predicted molar refractivity (Wildman–Crippen MR) is 87.1 cm³/mol. The number of piperidine rings is 1. The zero-order valence-electron chi connectivity index (χ0n) is 13.9. The second-order valence-corrected chi connectivity index (χ2v) is 7.71. The van der Waals surface area contributed by atoms with Crippen molar-refractivity contribution in [1.29, 1.82) is 0 Å². The molecule has 4 heteroatoms. The number of ether oxygens (including phenoxy) is 2. The summed E-state index contributed by atoms with van der Waals surface area (Å²) in [6.07, 6.45) is 4.69. The highest BCUT2D eigenvalue weighted by Crippen LogP contribution is 2.63. The lowest BCUT2D eigenvalue weighted by molar-refractivity contribution is -0.120. The van der Waals surface area contributed by atoms with Gasteiger partial charge in [-0.15, -0.1) is 0 Å². The molecule has 0 amide bonds. The van der Waals surface area contributed by atoms with Crippen molar-refractivity contribution in [2.45, 2.75) is 56.3 Å². The van der Waals surface area contributed by atoms with Crippen LogP contribution in [0.25, 0.3) is 0 Å². The average Bonchev–Trinajstić information content (AvgIpc) is 2.90. The molecule has 4 nitrogen and oxygen atoms in total. The minimum absolute atomic E-state index is 0.0525. The SMILES string of the molecule is CCO[C@H]1CC[C@H]2[C@H]3Cc4ccc(O)c5c4[C@@]2(CCN3C)[C@H]1O5. The van der Waals surface area contributed by atoms with Crippen molar-refractivity contribution in [3.8, 4) is 11.5 Å². The molecule has 2 bridgehead atoms. The maximum atomic E-state index is 10.4. The van der Waals surface area contributed by atoms with Gasteiger partial charge in [-0.25, -0.2) is 0 Å². The number of rotatable bonds is 2. The lowest BCUT2D eigenvalue weighted by Gasteiger charge is -2.58. The van der Waals surface area contributed by atoms with E-state index in [0.29, 0.717) is 17.7 Å². The van der Waals surface area contributed by atoms with E-state index >= 15 is 0 Å². The fraction of sp³-hybridized carbons (Fsp3) is 0.684. The summed E-state index contributed by atoms with van der Waals surface area (Å²) < 4.78 is 12.5. The van der Waals surface area contributed by atoms with Gasteiger partial charge >= 0.3 is 0 Å². The van der Waals surface area contributed by atoms with E-state index in [0.717, 1.165) is 38.2 Å². The first-order valence-electron chi connectivity index (χ1n) is 9.00. The highest BCUT2D eigenvalue weighted by Gasteiger charge is 2.65. The summed E-state index contributed by atoms with van der Waals surface area (Å²) in [6.45, 7) is 3.89. The molecule has 4 aliphatic rings. The first-order valence-corrected chi connectivity index (χ1v) is 9.00. The third-order valence-electron chi connectivity index (χ3n) is 6.92. The summed E-state index contributed by atoms with van der Waals surface area (Å²) in [6, 6.07) is 4.53. The van der Waals surface area contributed by atoms with Crippen LogP contribution in [0.1, 0.15) is 37.3 Å². The maximum Gasteiger partial charge on any atom is 0.165 e. The molecule has 1 aromatic rings. The third-order valence-corrected chi connectivity index (χ3v) is 6.92. The highest BCUT2D eigenvalue weighted by atomic mass is 16.5. The molecule has 2 fully saturated rings. The number of phenolic OH excluding ortho intramolecular Hbond substituents is 1. The summed E-state index contributed by atoms with van der Waals surface area (Å²) >= 11 is 0. The van der Waals surface area contributed by atoms with E-state index < -0.39 is 0 Å². The molecule has 1 spiro atoms. The Bertz CT molecular complexity index is 660. The van der Waals surface area contributed by atoms with Crippen LogP contribution >= 0.6 is 0 Å². The van der Waals surface area contributed by atoms with Crippen LogP contribution in [0.2, 0.25) is 0 Å². The van der Waals surface area contributed by atoms with Crippen LogP contribution in [-0.4, -0.2) is 48.5 Å². The first-order chi connectivity index (χ1) is 11.2. The number of phenols is 1. The zero-order valence-corrected chi connectivity index (χ0v) is 13.9. The minimum atomic E-state index is 0.0525. The van der Waals surface area contributed by atoms with Gasteiger partial charge in [0.05, 0.1) is 6.10 Å². The van der Waals surface area contributed by atoms with E-state index in [4.69, 9.17) is 9.47 Å². The Morgan fingerprint density at radius 2 is 2.26 bits per heavy atom. The standard InChI is InChI=1S/C19H25NO3/c1-3-22-15-7-5-12-13-10-11-4-6-14(21)17-16(11)19(12,18(15)23-17)8-9-20(13)2/h4,6,12-13,15,18,21H,3,5,7-10H2,1-2H3/t12-,13+,15-,18-,19-/m0/s1. The number of likely N-dealkylation sites (N-methyl/N-ethyl adjacent to an activating group) is 1. The van der Waals surface area contributed by atoms with Gasteiger partial charge in [-0.05, 0) is 63.7 Å². The Balaban J connectivity index is 1.73. The molecule has 1 saturated carbocycles. The van der Waals surface area contributed by atoms with Gasteiger partial charge in [-0.2, -0.15) is 0 Å². The van der Waals surface area contributed by atoms with Gasteiger partial charge in [-0.3, -0.25) is 0 Å². The van der Waals surface area contributed by atoms with E-state index in [-0.39, 0.29) is 17.6 Å². The van der Waals surface area contributed by atoms with Crippen molar-refractivity contribution in [3.63, 3.8) is 0 Å². The van der Waals surface area contributed by atoms with Crippen LogP contribution in [0.3, 0.4) is 0 Å². The van der Waals surface area contributed by atoms with E-state index in [1.807, 2.05) is 6.07 Å². The summed E-state index contributed by atoms with van der Waals surface area (Å²) in [5.74, 6) is 1.68. The summed E-state index contributed by atoms with van der Waals surface area (Å²) in [5, 5.41) is 10.4. The molecule has 5 rings (SSSR count). The number of likely N-dealkylation sites (tertiary alicyclic amines) is 1. The Labute approximate surface area is 137 Å².